The Bertz CT molecular complexity index is 351. The van der Waals surface area contributed by atoms with E-state index in [1.807, 2.05) is 0 Å². The van der Waals surface area contributed by atoms with Crippen LogP contribution in [0.25, 0.3) is 0 Å². The molecule has 98 valence electrons. The van der Waals surface area contributed by atoms with Crippen molar-refractivity contribution in [2.45, 2.75) is 0 Å². The maximum absolute atomic E-state index is 10.4. The molecule has 10 heteroatoms. The largest absolute Gasteiger partial charge is 0.395 e. The van der Waals surface area contributed by atoms with Gasteiger partial charge >= 0.3 is 0 Å². The van der Waals surface area contributed by atoms with Crippen LogP contribution >= 0.6 is 0 Å². The second-order valence-corrected chi connectivity index (χ2v) is 6.28. The lowest BCUT2D eigenvalue weighted by atomic mass is 10.5. The predicted molar refractivity (Wildman–Crippen MR) is 56.4 cm³/mol. The molecule has 0 saturated carbocycles. The minimum Gasteiger partial charge on any atom is -0.395 e. The molecule has 0 aliphatic heterocycles. The monoisotopic (exact) mass is 277 g/mol. The van der Waals surface area contributed by atoms with E-state index in [1.54, 1.807) is 0 Å². The zero-order valence-electron chi connectivity index (χ0n) is 8.48. The molecule has 0 aliphatic carbocycles. The normalized spacial score (nSPS) is 13.2. The predicted octanol–water partition coefficient (Wildman–Crippen LogP) is -1.94. The fraction of sp³-hybridized carbons (Fsp3) is 1.00. The van der Waals surface area contributed by atoms with Crippen molar-refractivity contribution >= 4 is 20.2 Å². The number of aliphatic hydroxyl groups excluding tert-OH is 1. The number of hydrogen-bond acceptors (Lipinski definition) is 6. The Labute approximate surface area is 94.4 Å². The second kappa shape index (κ2) is 6.47. The molecule has 16 heavy (non-hydrogen) atoms. The van der Waals surface area contributed by atoms with Gasteiger partial charge in [0.25, 0.3) is 20.2 Å². The third kappa shape index (κ3) is 10.3. The highest BCUT2D eigenvalue weighted by molar-refractivity contribution is 7.86. The first-order valence-electron chi connectivity index (χ1n) is 4.37. The summed E-state index contributed by atoms with van der Waals surface area (Å²) in [6.07, 6.45) is 0. The van der Waals surface area contributed by atoms with Crippen LogP contribution in [0.4, 0.5) is 0 Å². The lowest BCUT2D eigenvalue weighted by molar-refractivity contribution is 0.208. The van der Waals surface area contributed by atoms with Gasteiger partial charge in [0.1, 0.15) is 0 Å². The van der Waals surface area contributed by atoms with Crippen LogP contribution in [0.2, 0.25) is 0 Å². The summed E-state index contributed by atoms with van der Waals surface area (Å²) in [6.45, 7) is -0.453. The van der Waals surface area contributed by atoms with Crippen LogP contribution in [0.3, 0.4) is 0 Å². The summed E-state index contributed by atoms with van der Waals surface area (Å²) >= 11 is 0. The van der Waals surface area contributed by atoms with Gasteiger partial charge in [-0.2, -0.15) is 16.8 Å². The van der Waals surface area contributed by atoms with Gasteiger partial charge < -0.3 is 5.11 Å². The first-order valence-corrected chi connectivity index (χ1v) is 7.59. The first kappa shape index (κ1) is 15.7. The van der Waals surface area contributed by atoms with Crippen LogP contribution in [-0.4, -0.2) is 73.7 Å². The Morgan fingerprint density at radius 3 is 1.44 bits per heavy atom. The molecule has 0 heterocycles. The number of hydrogen-bond donors (Lipinski definition) is 3. The molecule has 0 aromatic carbocycles. The molecule has 0 fully saturated rings. The lowest BCUT2D eigenvalue weighted by Crippen LogP contribution is -2.35. The van der Waals surface area contributed by atoms with E-state index in [0.717, 1.165) is 0 Å². The molecular weight excluding hydrogens is 262 g/mol. The van der Waals surface area contributed by atoms with Gasteiger partial charge in [-0.3, -0.25) is 14.0 Å². The van der Waals surface area contributed by atoms with E-state index < -0.39 is 31.7 Å². The van der Waals surface area contributed by atoms with Crippen molar-refractivity contribution in [3.63, 3.8) is 0 Å². The van der Waals surface area contributed by atoms with Crippen LogP contribution in [0.15, 0.2) is 0 Å². The molecule has 0 unspecified atom stereocenters. The molecule has 0 aromatic rings. The zero-order chi connectivity index (χ0) is 12.8. The maximum Gasteiger partial charge on any atom is 0.266 e. The molecular formula is C6H15NO7S2. The molecule has 0 spiro atoms. The average Bonchev–Trinajstić information content (AvgIpc) is 2.07. The SMILES string of the molecule is O=S(=O)(O)CCN(CCO)CCS(=O)(=O)O. The molecule has 0 aromatic heterocycles. The highest BCUT2D eigenvalue weighted by atomic mass is 32.2. The molecule has 0 aliphatic rings. The van der Waals surface area contributed by atoms with Crippen LogP contribution in [0.5, 0.6) is 0 Å². The Morgan fingerprint density at radius 1 is 0.812 bits per heavy atom. The van der Waals surface area contributed by atoms with Gasteiger partial charge in [0, 0.05) is 19.6 Å². The Hall–Kier alpha value is -0.260. The van der Waals surface area contributed by atoms with Crippen molar-refractivity contribution < 1.29 is 31.0 Å². The van der Waals surface area contributed by atoms with E-state index in [2.05, 4.69) is 0 Å². The third-order valence-corrected chi connectivity index (χ3v) is 3.14. The summed E-state index contributed by atoms with van der Waals surface area (Å²) in [4.78, 5) is 1.31. The number of rotatable bonds is 8. The molecule has 0 amide bonds. The van der Waals surface area contributed by atoms with Crippen molar-refractivity contribution in [2.24, 2.45) is 0 Å². The summed E-state index contributed by atoms with van der Waals surface area (Å²) < 4.78 is 58.7. The van der Waals surface area contributed by atoms with Crippen LogP contribution in [-0.2, 0) is 20.2 Å². The topological polar surface area (TPSA) is 132 Å². The minimum atomic E-state index is -4.13. The van der Waals surface area contributed by atoms with E-state index in [9.17, 15) is 16.8 Å². The fourth-order valence-corrected chi connectivity index (χ4v) is 1.94. The van der Waals surface area contributed by atoms with E-state index in [0.29, 0.717) is 0 Å². The average molecular weight is 277 g/mol. The van der Waals surface area contributed by atoms with Crippen molar-refractivity contribution in [3.8, 4) is 0 Å². The molecule has 8 nitrogen and oxygen atoms in total. The zero-order valence-corrected chi connectivity index (χ0v) is 10.1. The first-order chi connectivity index (χ1) is 7.14. The Balaban J connectivity index is 4.18. The van der Waals surface area contributed by atoms with Gasteiger partial charge in [0.05, 0.1) is 18.1 Å². The molecule has 0 radical (unpaired) electrons. The molecule has 0 rings (SSSR count). The Kier molecular flexibility index (Phi) is 6.36. The lowest BCUT2D eigenvalue weighted by Gasteiger charge is -2.19. The van der Waals surface area contributed by atoms with E-state index in [4.69, 9.17) is 14.2 Å². The van der Waals surface area contributed by atoms with E-state index in [1.165, 1.54) is 4.90 Å². The van der Waals surface area contributed by atoms with Gasteiger partial charge in [-0.25, -0.2) is 0 Å². The molecule has 0 saturated heterocycles. The number of nitrogens with zero attached hydrogens (tertiary/aromatic N) is 1. The van der Waals surface area contributed by atoms with Crippen LogP contribution in [0.1, 0.15) is 0 Å². The minimum absolute atomic E-state index is 0.0606. The van der Waals surface area contributed by atoms with Gasteiger partial charge in [-0.05, 0) is 0 Å². The van der Waals surface area contributed by atoms with Crippen molar-refractivity contribution in [1.82, 2.24) is 4.90 Å². The highest BCUT2D eigenvalue weighted by Gasteiger charge is 2.13. The van der Waals surface area contributed by atoms with Gasteiger partial charge in [-0.1, -0.05) is 0 Å². The van der Waals surface area contributed by atoms with E-state index in [-0.39, 0.29) is 26.2 Å². The number of aliphatic hydroxyl groups is 1. The van der Waals surface area contributed by atoms with Crippen molar-refractivity contribution in [2.75, 3.05) is 37.7 Å². The fourth-order valence-electron chi connectivity index (χ4n) is 0.966. The highest BCUT2D eigenvalue weighted by Crippen LogP contribution is 1.93. The summed E-state index contributed by atoms with van der Waals surface area (Å²) in [5, 5.41) is 8.63. The van der Waals surface area contributed by atoms with Gasteiger partial charge in [0.15, 0.2) is 0 Å². The van der Waals surface area contributed by atoms with Gasteiger partial charge in [-0.15, -0.1) is 0 Å². The maximum atomic E-state index is 10.4. The summed E-state index contributed by atoms with van der Waals surface area (Å²) in [5.41, 5.74) is 0. The van der Waals surface area contributed by atoms with Crippen LogP contribution in [0, 0.1) is 0 Å². The third-order valence-electron chi connectivity index (χ3n) is 1.75. The van der Waals surface area contributed by atoms with Crippen molar-refractivity contribution in [1.29, 1.82) is 0 Å². The summed E-state index contributed by atoms with van der Waals surface area (Å²) in [5.74, 6) is -1.11. The molecule has 3 N–H and O–H groups in total. The standard InChI is InChI=1S/C6H15NO7S2/c8-4-1-7(2-5-15(9,10)11)3-6-16(12,13)14/h8H,1-6H2,(H,9,10,11)(H,12,13,14). The molecule has 0 atom stereocenters. The summed E-state index contributed by atoms with van der Waals surface area (Å²) in [6, 6.07) is 0. The van der Waals surface area contributed by atoms with Crippen LogP contribution < -0.4 is 0 Å². The molecule has 0 bridgehead atoms. The second-order valence-electron chi connectivity index (χ2n) is 3.14. The van der Waals surface area contributed by atoms with E-state index >= 15 is 0 Å². The Morgan fingerprint density at radius 2 is 1.19 bits per heavy atom. The quantitative estimate of drug-likeness (QED) is 0.436. The van der Waals surface area contributed by atoms with Gasteiger partial charge in [0.2, 0.25) is 0 Å². The summed E-state index contributed by atoms with van der Waals surface area (Å²) in [7, 11) is -8.25. The van der Waals surface area contributed by atoms with Crippen molar-refractivity contribution in [3.05, 3.63) is 0 Å². The smallest absolute Gasteiger partial charge is 0.266 e.